The molecule has 1 saturated carbocycles. The van der Waals surface area contributed by atoms with Crippen molar-refractivity contribution in [3.05, 3.63) is 0 Å². The van der Waals surface area contributed by atoms with Crippen molar-refractivity contribution < 1.29 is 9.53 Å². The third-order valence-corrected chi connectivity index (χ3v) is 3.69. The number of hydrogen-bond acceptors (Lipinski definition) is 3. The second-order valence-corrected chi connectivity index (χ2v) is 5.37. The van der Waals surface area contributed by atoms with Crippen LogP contribution >= 0.6 is 0 Å². The van der Waals surface area contributed by atoms with Crippen LogP contribution in [-0.4, -0.2) is 42.5 Å². The average Bonchev–Trinajstić information content (AvgIpc) is 2.56. The Morgan fingerprint density at radius 2 is 2.33 bits per heavy atom. The summed E-state index contributed by atoms with van der Waals surface area (Å²) in [4.78, 5) is 14.0. The minimum Gasteiger partial charge on any atom is -0.378 e. The maximum atomic E-state index is 11.6. The summed E-state index contributed by atoms with van der Waals surface area (Å²) >= 11 is 0. The SMILES string of the molecule is CC1(C)COCCN1CC1CCCC1=O. The van der Waals surface area contributed by atoms with Crippen LogP contribution in [0.4, 0.5) is 0 Å². The highest BCUT2D eigenvalue weighted by atomic mass is 16.5. The Morgan fingerprint density at radius 1 is 1.53 bits per heavy atom. The summed E-state index contributed by atoms with van der Waals surface area (Å²) in [5, 5.41) is 0. The molecule has 1 atom stereocenters. The molecule has 0 aromatic heterocycles. The first-order valence-corrected chi connectivity index (χ1v) is 5.95. The van der Waals surface area contributed by atoms with Crippen LogP contribution in [0.2, 0.25) is 0 Å². The molecule has 2 aliphatic rings. The monoisotopic (exact) mass is 211 g/mol. The maximum absolute atomic E-state index is 11.6. The van der Waals surface area contributed by atoms with E-state index in [0.717, 1.165) is 45.6 Å². The van der Waals surface area contributed by atoms with E-state index < -0.39 is 0 Å². The van der Waals surface area contributed by atoms with Gasteiger partial charge in [-0.3, -0.25) is 9.69 Å². The molecule has 2 fully saturated rings. The molecule has 1 unspecified atom stereocenters. The summed E-state index contributed by atoms with van der Waals surface area (Å²) in [6.45, 7) is 7.90. The summed E-state index contributed by atoms with van der Waals surface area (Å²) in [5.74, 6) is 0.764. The quantitative estimate of drug-likeness (QED) is 0.692. The van der Waals surface area contributed by atoms with Crippen molar-refractivity contribution in [1.82, 2.24) is 4.90 Å². The highest BCUT2D eigenvalue weighted by Crippen LogP contribution is 2.26. The molecular formula is C12H21NO2. The number of nitrogens with zero attached hydrogens (tertiary/aromatic N) is 1. The molecule has 0 radical (unpaired) electrons. The van der Waals surface area contributed by atoms with Gasteiger partial charge in [0, 0.05) is 31.0 Å². The van der Waals surface area contributed by atoms with Gasteiger partial charge >= 0.3 is 0 Å². The summed E-state index contributed by atoms with van der Waals surface area (Å²) in [6.07, 6.45) is 2.98. The van der Waals surface area contributed by atoms with Gasteiger partial charge in [-0.05, 0) is 26.7 Å². The number of hydrogen-bond donors (Lipinski definition) is 0. The van der Waals surface area contributed by atoms with Crippen molar-refractivity contribution in [2.75, 3.05) is 26.3 Å². The predicted octanol–water partition coefficient (Wildman–Crippen LogP) is 1.47. The van der Waals surface area contributed by atoms with Gasteiger partial charge in [-0.1, -0.05) is 0 Å². The first-order chi connectivity index (χ1) is 7.09. The summed E-state index contributed by atoms with van der Waals surface area (Å²) < 4.78 is 5.48. The van der Waals surface area contributed by atoms with Crippen molar-refractivity contribution in [2.24, 2.45) is 5.92 Å². The van der Waals surface area contributed by atoms with Crippen LogP contribution in [0.15, 0.2) is 0 Å². The van der Waals surface area contributed by atoms with Crippen LogP contribution in [0.5, 0.6) is 0 Å². The molecule has 86 valence electrons. The first kappa shape index (κ1) is 11.1. The van der Waals surface area contributed by atoms with E-state index in [1.165, 1.54) is 0 Å². The molecule has 3 heteroatoms. The van der Waals surface area contributed by atoms with E-state index >= 15 is 0 Å². The standard InChI is InChI=1S/C12H21NO2/c1-12(2)9-15-7-6-13(12)8-10-4-3-5-11(10)14/h10H,3-9H2,1-2H3. The fraction of sp³-hybridized carbons (Fsp3) is 0.917. The third-order valence-electron chi connectivity index (χ3n) is 3.69. The van der Waals surface area contributed by atoms with E-state index in [1.807, 2.05) is 0 Å². The Bertz CT molecular complexity index is 250. The van der Waals surface area contributed by atoms with Crippen molar-refractivity contribution in [1.29, 1.82) is 0 Å². The van der Waals surface area contributed by atoms with Gasteiger partial charge in [-0.25, -0.2) is 0 Å². The Labute approximate surface area is 91.8 Å². The van der Waals surface area contributed by atoms with Gasteiger partial charge in [0.05, 0.1) is 13.2 Å². The Balaban J connectivity index is 1.94. The normalized spacial score (nSPS) is 32.1. The van der Waals surface area contributed by atoms with Gasteiger partial charge in [0.2, 0.25) is 0 Å². The Kier molecular flexibility index (Phi) is 3.12. The predicted molar refractivity (Wildman–Crippen MR) is 58.8 cm³/mol. The van der Waals surface area contributed by atoms with Gasteiger partial charge in [0.15, 0.2) is 0 Å². The first-order valence-electron chi connectivity index (χ1n) is 5.95. The molecule has 0 bridgehead atoms. The zero-order valence-corrected chi connectivity index (χ0v) is 9.79. The molecule has 0 amide bonds. The van der Waals surface area contributed by atoms with E-state index in [1.54, 1.807) is 0 Å². The molecule has 15 heavy (non-hydrogen) atoms. The third kappa shape index (κ3) is 2.40. The lowest BCUT2D eigenvalue weighted by molar-refractivity contribution is -0.123. The molecule has 3 nitrogen and oxygen atoms in total. The largest absolute Gasteiger partial charge is 0.378 e. The lowest BCUT2D eigenvalue weighted by Crippen LogP contribution is -2.54. The molecule has 0 aromatic carbocycles. The maximum Gasteiger partial charge on any atom is 0.137 e. The molecule has 1 saturated heterocycles. The van der Waals surface area contributed by atoms with E-state index in [9.17, 15) is 4.79 Å². The van der Waals surface area contributed by atoms with Crippen molar-refractivity contribution in [2.45, 2.75) is 38.6 Å². The number of carbonyl (C=O) groups is 1. The van der Waals surface area contributed by atoms with Gasteiger partial charge in [-0.2, -0.15) is 0 Å². The van der Waals surface area contributed by atoms with Gasteiger partial charge < -0.3 is 4.74 Å². The highest BCUT2D eigenvalue weighted by Gasteiger charge is 2.34. The van der Waals surface area contributed by atoms with E-state index in [0.29, 0.717) is 11.7 Å². The van der Waals surface area contributed by atoms with Gasteiger partial charge in [0.25, 0.3) is 0 Å². The zero-order chi connectivity index (χ0) is 10.9. The minimum absolute atomic E-state index is 0.0983. The number of Topliss-reactive ketones (excluding diaryl/α,β-unsaturated/α-hetero) is 1. The molecule has 1 heterocycles. The number of ether oxygens (including phenoxy) is 1. The number of morpholine rings is 1. The number of ketones is 1. The van der Waals surface area contributed by atoms with Gasteiger partial charge in [0.1, 0.15) is 5.78 Å². The summed E-state index contributed by atoms with van der Waals surface area (Å²) in [6, 6.07) is 0. The van der Waals surface area contributed by atoms with Crippen molar-refractivity contribution in [3.63, 3.8) is 0 Å². The van der Waals surface area contributed by atoms with E-state index in [4.69, 9.17) is 4.74 Å². The highest BCUT2D eigenvalue weighted by molar-refractivity contribution is 5.83. The summed E-state index contributed by atoms with van der Waals surface area (Å²) in [7, 11) is 0. The molecular weight excluding hydrogens is 190 g/mol. The molecule has 2 rings (SSSR count). The van der Waals surface area contributed by atoms with Crippen molar-refractivity contribution >= 4 is 5.78 Å². The Hall–Kier alpha value is -0.410. The summed E-state index contributed by atoms with van der Waals surface area (Å²) in [5.41, 5.74) is 0.0983. The molecule has 1 aliphatic carbocycles. The molecule has 0 spiro atoms. The molecule has 0 aromatic rings. The number of carbonyl (C=O) groups excluding carboxylic acids is 1. The minimum atomic E-state index is 0.0983. The lowest BCUT2D eigenvalue weighted by atomic mass is 9.98. The van der Waals surface area contributed by atoms with E-state index in [-0.39, 0.29) is 5.54 Å². The van der Waals surface area contributed by atoms with Crippen LogP contribution in [0.25, 0.3) is 0 Å². The Morgan fingerprint density at radius 3 is 2.93 bits per heavy atom. The second-order valence-electron chi connectivity index (χ2n) is 5.37. The van der Waals surface area contributed by atoms with Crippen LogP contribution in [0.1, 0.15) is 33.1 Å². The van der Waals surface area contributed by atoms with Crippen LogP contribution in [-0.2, 0) is 9.53 Å². The smallest absolute Gasteiger partial charge is 0.137 e. The van der Waals surface area contributed by atoms with E-state index in [2.05, 4.69) is 18.7 Å². The fourth-order valence-corrected chi connectivity index (χ4v) is 2.58. The van der Waals surface area contributed by atoms with Crippen LogP contribution < -0.4 is 0 Å². The number of rotatable bonds is 2. The zero-order valence-electron chi connectivity index (χ0n) is 9.79. The second kappa shape index (κ2) is 4.22. The molecule has 1 aliphatic heterocycles. The fourth-order valence-electron chi connectivity index (χ4n) is 2.58. The lowest BCUT2D eigenvalue weighted by Gasteiger charge is -2.43. The van der Waals surface area contributed by atoms with Gasteiger partial charge in [-0.15, -0.1) is 0 Å². The average molecular weight is 211 g/mol. The topological polar surface area (TPSA) is 29.5 Å². The van der Waals surface area contributed by atoms with Crippen molar-refractivity contribution in [3.8, 4) is 0 Å². The van der Waals surface area contributed by atoms with Crippen LogP contribution in [0, 0.1) is 5.92 Å². The van der Waals surface area contributed by atoms with Crippen LogP contribution in [0.3, 0.4) is 0 Å². The molecule has 0 N–H and O–H groups in total.